The fourth-order valence-electron chi connectivity index (χ4n) is 7.46. The van der Waals surface area contributed by atoms with Crippen molar-refractivity contribution in [2.75, 3.05) is 13.1 Å². The van der Waals surface area contributed by atoms with Crippen LogP contribution in [0.3, 0.4) is 0 Å². The third-order valence-electron chi connectivity index (χ3n) is 8.71. The molecule has 6 aliphatic rings. The SMILES string of the molecule is OC1=C2OC3CCC[C@@]4(O)[C@H]5CC(C=C1)C2[C@@]34CCN5CC1CCC1. The molecule has 2 heterocycles. The number of hydrogen-bond acceptors (Lipinski definition) is 4. The van der Waals surface area contributed by atoms with Gasteiger partial charge in [0.05, 0.1) is 5.60 Å². The molecule has 1 spiro atoms. The molecule has 4 aliphatic carbocycles. The summed E-state index contributed by atoms with van der Waals surface area (Å²) in [4.78, 5) is 2.64. The van der Waals surface area contributed by atoms with E-state index in [0.717, 1.165) is 50.3 Å². The van der Waals surface area contributed by atoms with Crippen LogP contribution in [0.5, 0.6) is 0 Å². The number of aliphatic hydroxyl groups excluding tert-OH is 1. The second-order valence-electron chi connectivity index (χ2n) is 9.51. The maximum absolute atomic E-state index is 12.1. The molecule has 6 rings (SSSR count). The van der Waals surface area contributed by atoms with E-state index in [-0.39, 0.29) is 23.5 Å². The number of nitrogens with zero attached hydrogens (tertiary/aromatic N) is 1. The molecule has 0 amide bonds. The molecule has 25 heavy (non-hydrogen) atoms. The smallest absolute Gasteiger partial charge is 0.153 e. The van der Waals surface area contributed by atoms with E-state index in [4.69, 9.17) is 4.74 Å². The van der Waals surface area contributed by atoms with Gasteiger partial charge in [-0.05, 0) is 69.4 Å². The maximum atomic E-state index is 12.1. The van der Waals surface area contributed by atoms with Gasteiger partial charge in [-0.2, -0.15) is 0 Å². The van der Waals surface area contributed by atoms with Gasteiger partial charge in [0.15, 0.2) is 5.76 Å². The van der Waals surface area contributed by atoms with Gasteiger partial charge in [-0.1, -0.05) is 12.5 Å². The van der Waals surface area contributed by atoms with Crippen LogP contribution in [0.1, 0.15) is 51.4 Å². The van der Waals surface area contributed by atoms with Crippen LogP contribution >= 0.6 is 0 Å². The van der Waals surface area contributed by atoms with Crippen molar-refractivity contribution in [2.24, 2.45) is 23.2 Å². The van der Waals surface area contributed by atoms with Gasteiger partial charge in [0.25, 0.3) is 0 Å². The molecule has 2 saturated heterocycles. The van der Waals surface area contributed by atoms with Crippen molar-refractivity contribution >= 4 is 0 Å². The fraction of sp³-hybridized carbons (Fsp3) is 0.810. The van der Waals surface area contributed by atoms with Crippen LogP contribution < -0.4 is 0 Å². The zero-order valence-corrected chi connectivity index (χ0v) is 14.9. The van der Waals surface area contributed by atoms with Gasteiger partial charge in [-0.3, -0.25) is 4.90 Å². The average Bonchev–Trinajstić information content (AvgIpc) is 2.89. The Kier molecular flexibility index (Phi) is 2.92. The third kappa shape index (κ3) is 1.67. The minimum absolute atomic E-state index is 0.0875. The molecule has 2 aliphatic heterocycles. The van der Waals surface area contributed by atoms with Crippen LogP contribution in [-0.2, 0) is 4.74 Å². The van der Waals surface area contributed by atoms with E-state index in [2.05, 4.69) is 11.0 Å². The largest absolute Gasteiger partial charge is 0.504 e. The number of piperidine rings is 1. The summed E-state index contributed by atoms with van der Waals surface area (Å²) in [7, 11) is 0. The normalized spacial score (nSPS) is 51.1. The summed E-state index contributed by atoms with van der Waals surface area (Å²) >= 11 is 0. The van der Waals surface area contributed by atoms with Crippen molar-refractivity contribution in [1.29, 1.82) is 0 Å². The second kappa shape index (κ2) is 4.83. The van der Waals surface area contributed by atoms with Crippen molar-refractivity contribution in [3.8, 4) is 0 Å². The first-order chi connectivity index (χ1) is 12.1. The molecule has 5 fully saturated rings. The van der Waals surface area contributed by atoms with Gasteiger partial charge >= 0.3 is 0 Å². The molecule has 136 valence electrons. The van der Waals surface area contributed by atoms with Gasteiger partial charge in [0.1, 0.15) is 11.9 Å². The summed E-state index contributed by atoms with van der Waals surface area (Å²) in [6, 6.07) is 0.263. The van der Waals surface area contributed by atoms with Crippen LogP contribution in [0.2, 0.25) is 0 Å². The first kappa shape index (κ1) is 15.1. The molecule has 0 aromatic rings. The Morgan fingerprint density at radius 3 is 2.88 bits per heavy atom. The van der Waals surface area contributed by atoms with E-state index in [1.807, 2.05) is 6.08 Å². The summed E-state index contributed by atoms with van der Waals surface area (Å²) in [6.07, 6.45) is 13.2. The average molecular weight is 343 g/mol. The van der Waals surface area contributed by atoms with Crippen molar-refractivity contribution < 1.29 is 14.9 Å². The van der Waals surface area contributed by atoms with E-state index < -0.39 is 5.60 Å². The van der Waals surface area contributed by atoms with Crippen molar-refractivity contribution in [2.45, 2.75) is 69.1 Å². The molecule has 3 unspecified atom stereocenters. The Bertz CT molecular complexity index is 668. The Hall–Kier alpha value is -1.00. The zero-order chi connectivity index (χ0) is 16.8. The Morgan fingerprint density at radius 2 is 2.08 bits per heavy atom. The highest BCUT2D eigenvalue weighted by Gasteiger charge is 2.75. The van der Waals surface area contributed by atoms with Gasteiger partial charge in [0, 0.05) is 23.9 Å². The highest BCUT2D eigenvalue weighted by atomic mass is 16.5. The summed E-state index contributed by atoms with van der Waals surface area (Å²) in [6.45, 7) is 2.26. The number of aliphatic hydroxyl groups is 2. The molecular formula is C21H29NO3. The van der Waals surface area contributed by atoms with Crippen molar-refractivity contribution in [3.63, 3.8) is 0 Å². The monoisotopic (exact) mass is 343 g/mol. The minimum Gasteiger partial charge on any atom is -0.504 e. The number of rotatable bonds is 2. The standard InChI is InChI=1S/C21H29NO3/c23-15-7-6-14-11-16-21(24)8-2-5-17-20(21,18(14)19(15)25-17)9-10-22(16)12-13-3-1-4-13/h6-7,13-14,16-18,23-24H,1-5,8-12H2/t14?,16-,17?,18?,20-,21-/m1/s1. The second-order valence-corrected chi connectivity index (χ2v) is 9.51. The quantitative estimate of drug-likeness (QED) is 0.809. The molecule has 0 radical (unpaired) electrons. The number of hydrogen-bond donors (Lipinski definition) is 2. The van der Waals surface area contributed by atoms with Crippen LogP contribution in [-0.4, -0.2) is 45.9 Å². The van der Waals surface area contributed by atoms with Crippen LogP contribution in [0.25, 0.3) is 0 Å². The molecular weight excluding hydrogens is 314 g/mol. The lowest BCUT2D eigenvalue weighted by Crippen LogP contribution is -2.75. The first-order valence-electron chi connectivity index (χ1n) is 10.4. The highest BCUT2D eigenvalue weighted by molar-refractivity contribution is 5.37. The van der Waals surface area contributed by atoms with E-state index in [9.17, 15) is 10.2 Å². The molecule has 2 bridgehead atoms. The van der Waals surface area contributed by atoms with Gasteiger partial charge in [-0.25, -0.2) is 0 Å². The Balaban J connectivity index is 1.45. The summed E-state index contributed by atoms with van der Waals surface area (Å²) in [5.41, 5.74) is -0.824. The van der Waals surface area contributed by atoms with E-state index in [1.165, 1.54) is 25.8 Å². The predicted octanol–water partition coefficient (Wildman–Crippen LogP) is 3.14. The molecule has 0 aromatic heterocycles. The molecule has 4 heteroatoms. The third-order valence-corrected chi connectivity index (χ3v) is 8.71. The molecule has 0 aromatic carbocycles. The molecule has 3 saturated carbocycles. The van der Waals surface area contributed by atoms with E-state index in [0.29, 0.717) is 11.7 Å². The number of likely N-dealkylation sites (tertiary alicyclic amines) is 1. The van der Waals surface area contributed by atoms with Crippen LogP contribution in [0.15, 0.2) is 23.7 Å². The topological polar surface area (TPSA) is 52.9 Å². The Labute approximate surface area is 149 Å². The lowest BCUT2D eigenvalue weighted by Gasteiger charge is -2.66. The summed E-state index contributed by atoms with van der Waals surface area (Å²) in [5.74, 6) is 2.54. The van der Waals surface area contributed by atoms with Crippen LogP contribution in [0, 0.1) is 23.2 Å². The number of ether oxygens (including phenoxy) is 1. The summed E-state index contributed by atoms with van der Waals surface area (Å²) < 4.78 is 6.35. The fourth-order valence-corrected chi connectivity index (χ4v) is 7.46. The predicted molar refractivity (Wildman–Crippen MR) is 93.8 cm³/mol. The molecule has 6 atom stereocenters. The van der Waals surface area contributed by atoms with Crippen molar-refractivity contribution in [1.82, 2.24) is 4.90 Å². The zero-order valence-electron chi connectivity index (χ0n) is 14.9. The van der Waals surface area contributed by atoms with Gasteiger partial charge in [-0.15, -0.1) is 0 Å². The maximum Gasteiger partial charge on any atom is 0.153 e. The van der Waals surface area contributed by atoms with Gasteiger partial charge in [0.2, 0.25) is 0 Å². The lowest BCUT2D eigenvalue weighted by atomic mass is 9.44. The number of allylic oxidation sites excluding steroid dienone is 3. The lowest BCUT2D eigenvalue weighted by molar-refractivity contribution is -0.251. The van der Waals surface area contributed by atoms with E-state index >= 15 is 0 Å². The van der Waals surface area contributed by atoms with Crippen LogP contribution in [0.4, 0.5) is 0 Å². The Morgan fingerprint density at radius 1 is 1.20 bits per heavy atom. The molecule has 2 N–H and O–H groups in total. The minimum atomic E-state index is -0.647. The highest BCUT2D eigenvalue weighted by Crippen LogP contribution is 2.69. The first-order valence-corrected chi connectivity index (χ1v) is 10.4. The van der Waals surface area contributed by atoms with Gasteiger partial charge < -0.3 is 14.9 Å². The van der Waals surface area contributed by atoms with Crippen molar-refractivity contribution in [3.05, 3.63) is 23.7 Å². The summed E-state index contributed by atoms with van der Waals surface area (Å²) in [5, 5.41) is 22.5. The molecule has 4 nitrogen and oxygen atoms in total. The van der Waals surface area contributed by atoms with E-state index in [1.54, 1.807) is 0 Å².